The van der Waals surface area contributed by atoms with Crippen molar-refractivity contribution in [3.63, 3.8) is 0 Å². The molecular formula is C14H14ClNO3. The average Bonchev–Trinajstić information content (AvgIpc) is 2.62. The molecule has 0 atom stereocenters. The van der Waals surface area contributed by atoms with Crippen LogP contribution in [-0.4, -0.2) is 35.0 Å². The Hall–Kier alpha value is -1.55. The Labute approximate surface area is 116 Å². The van der Waals surface area contributed by atoms with Crippen LogP contribution in [0.15, 0.2) is 6.07 Å². The summed E-state index contributed by atoms with van der Waals surface area (Å²) in [5.41, 5.74) is 3.78. The number of benzene rings is 1. The first kappa shape index (κ1) is 12.5. The molecule has 1 heterocycles. The first-order valence-electron chi connectivity index (χ1n) is 6.42. The number of rotatable bonds is 0. The van der Waals surface area contributed by atoms with E-state index in [9.17, 15) is 9.59 Å². The van der Waals surface area contributed by atoms with Crippen molar-refractivity contribution in [2.24, 2.45) is 0 Å². The number of amides is 1. The summed E-state index contributed by atoms with van der Waals surface area (Å²) in [5.74, 6) is 0.150. The monoisotopic (exact) mass is 279 g/mol. The van der Waals surface area contributed by atoms with Gasteiger partial charge in [0.05, 0.1) is 0 Å². The van der Waals surface area contributed by atoms with E-state index in [4.69, 9.17) is 16.7 Å². The van der Waals surface area contributed by atoms with Gasteiger partial charge in [0.15, 0.2) is 5.78 Å². The van der Waals surface area contributed by atoms with E-state index >= 15 is 0 Å². The molecule has 0 aromatic heterocycles. The molecule has 4 nitrogen and oxygen atoms in total. The van der Waals surface area contributed by atoms with Crippen molar-refractivity contribution in [3.05, 3.63) is 33.3 Å². The first-order chi connectivity index (χ1) is 9.08. The molecule has 1 aliphatic carbocycles. The van der Waals surface area contributed by atoms with Crippen LogP contribution in [0, 0.1) is 0 Å². The number of nitrogens with zero attached hydrogens (tertiary/aromatic N) is 1. The lowest BCUT2D eigenvalue weighted by Crippen LogP contribution is -2.31. The van der Waals surface area contributed by atoms with Gasteiger partial charge in [0.25, 0.3) is 0 Å². The summed E-state index contributed by atoms with van der Waals surface area (Å²) in [7, 11) is 0. The number of Topliss-reactive ketones (excluding diaryl/α,β-unsaturated/α-hetero) is 1. The van der Waals surface area contributed by atoms with E-state index in [2.05, 4.69) is 0 Å². The highest BCUT2D eigenvalue weighted by Gasteiger charge is 2.29. The topological polar surface area (TPSA) is 57.6 Å². The second-order valence-corrected chi connectivity index (χ2v) is 5.45. The van der Waals surface area contributed by atoms with Gasteiger partial charge in [-0.3, -0.25) is 4.79 Å². The van der Waals surface area contributed by atoms with Gasteiger partial charge in [0.2, 0.25) is 0 Å². The lowest BCUT2D eigenvalue weighted by molar-refractivity contribution is 0.0993. The average molecular weight is 280 g/mol. The third-order valence-electron chi connectivity index (χ3n) is 4.01. The molecule has 0 saturated carbocycles. The normalized spacial score (nSPS) is 17.9. The van der Waals surface area contributed by atoms with Crippen molar-refractivity contribution < 1.29 is 14.7 Å². The van der Waals surface area contributed by atoms with E-state index in [-0.39, 0.29) is 5.78 Å². The number of ketones is 1. The molecule has 1 amide bonds. The Morgan fingerprint density at radius 1 is 1.16 bits per heavy atom. The van der Waals surface area contributed by atoms with Crippen LogP contribution in [0.25, 0.3) is 0 Å². The van der Waals surface area contributed by atoms with Crippen LogP contribution >= 0.6 is 11.6 Å². The van der Waals surface area contributed by atoms with Gasteiger partial charge < -0.3 is 10.0 Å². The standard InChI is InChI=1S/C14H14ClNO3/c15-11-7-8-3-5-16(14(18)19)6-4-9(8)13-10(11)1-2-12(13)17/h7H,1-6H2,(H,18,19). The van der Waals surface area contributed by atoms with E-state index in [0.717, 1.165) is 22.3 Å². The van der Waals surface area contributed by atoms with Gasteiger partial charge >= 0.3 is 6.09 Å². The molecule has 1 aliphatic heterocycles. The highest BCUT2D eigenvalue weighted by Crippen LogP contribution is 2.35. The molecule has 19 heavy (non-hydrogen) atoms. The van der Waals surface area contributed by atoms with Crippen LogP contribution in [0.2, 0.25) is 5.02 Å². The molecule has 0 bridgehead atoms. The molecule has 1 aromatic carbocycles. The van der Waals surface area contributed by atoms with Gasteiger partial charge in [-0.1, -0.05) is 11.6 Å². The molecular weight excluding hydrogens is 266 g/mol. The minimum absolute atomic E-state index is 0.150. The number of hydrogen-bond donors (Lipinski definition) is 1. The maximum Gasteiger partial charge on any atom is 0.407 e. The molecule has 3 rings (SSSR count). The Balaban J connectivity index is 2.06. The van der Waals surface area contributed by atoms with Gasteiger partial charge in [-0.15, -0.1) is 0 Å². The molecule has 2 aliphatic rings. The van der Waals surface area contributed by atoms with Crippen LogP contribution in [0.1, 0.15) is 33.5 Å². The van der Waals surface area contributed by atoms with Crippen molar-refractivity contribution in [2.75, 3.05) is 13.1 Å². The number of hydrogen-bond acceptors (Lipinski definition) is 2. The quantitative estimate of drug-likeness (QED) is 0.794. The zero-order chi connectivity index (χ0) is 13.6. The molecule has 0 radical (unpaired) electrons. The fourth-order valence-electron chi connectivity index (χ4n) is 3.05. The lowest BCUT2D eigenvalue weighted by atomic mass is 9.94. The van der Waals surface area contributed by atoms with Gasteiger partial charge in [-0.2, -0.15) is 0 Å². The lowest BCUT2D eigenvalue weighted by Gasteiger charge is -2.15. The molecule has 0 unspecified atom stereocenters. The number of fused-ring (bicyclic) bond motifs is 3. The van der Waals surface area contributed by atoms with Crippen molar-refractivity contribution in [3.8, 4) is 0 Å². The van der Waals surface area contributed by atoms with Gasteiger partial charge in [0, 0.05) is 30.1 Å². The number of carboxylic acid groups (broad SMARTS) is 1. The summed E-state index contributed by atoms with van der Waals surface area (Å²) in [6.45, 7) is 0.912. The van der Waals surface area contributed by atoms with Crippen LogP contribution in [0.3, 0.4) is 0 Å². The summed E-state index contributed by atoms with van der Waals surface area (Å²) >= 11 is 6.24. The zero-order valence-electron chi connectivity index (χ0n) is 10.4. The summed E-state index contributed by atoms with van der Waals surface area (Å²) in [6, 6.07) is 1.92. The number of halogens is 1. The van der Waals surface area contributed by atoms with Gasteiger partial charge in [-0.25, -0.2) is 4.79 Å². The van der Waals surface area contributed by atoms with Crippen molar-refractivity contribution in [2.45, 2.75) is 25.7 Å². The van der Waals surface area contributed by atoms with Crippen LogP contribution in [0.4, 0.5) is 4.79 Å². The SMILES string of the molecule is O=C1CCc2c(Cl)cc3c(c21)CCN(C(=O)O)CC3. The predicted octanol–water partition coefficient (Wildman–Crippen LogP) is 2.55. The third-order valence-corrected chi connectivity index (χ3v) is 4.35. The summed E-state index contributed by atoms with van der Waals surface area (Å²) in [4.78, 5) is 24.5. The summed E-state index contributed by atoms with van der Waals surface area (Å²) in [5, 5.41) is 9.73. The van der Waals surface area contributed by atoms with Crippen molar-refractivity contribution >= 4 is 23.5 Å². The minimum Gasteiger partial charge on any atom is -0.465 e. The predicted molar refractivity (Wildman–Crippen MR) is 71.1 cm³/mol. The van der Waals surface area contributed by atoms with Gasteiger partial charge in [-0.05, 0) is 42.0 Å². The van der Waals surface area contributed by atoms with Crippen molar-refractivity contribution in [1.82, 2.24) is 4.90 Å². The van der Waals surface area contributed by atoms with Crippen LogP contribution in [0.5, 0.6) is 0 Å². The molecule has 5 heteroatoms. The molecule has 1 aromatic rings. The molecule has 0 fully saturated rings. The fraction of sp³-hybridized carbons (Fsp3) is 0.429. The van der Waals surface area contributed by atoms with E-state index in [1.165, 1.54) is 4.90 Å². The highest BCUT2D eigenvalue weighted by molar-refractivity contribution is 6.32. The van der Waals surface area contributed by atoms with Crippen LogP contribution in [-0.2, 0) is 19.3 Å². The first-order valence-corrected chi connectivity index (χ1v) is 6.80. The number of carbonyl (C=O) groups is 2. The van der Waals surface area contributed by atoms with Crippen molar-refractivity contribution in [1.29, 1.82) is 0 Å². The Bertz CT molecular complexity index is 583. The summed E-state index contributed by atoms with van der Waals surface area (Å²) < 4.78 is 0. The summed E-state index contributed by atoms with van der Waals surface area (Å²) in [6.07, 6.45) is 1.56. The Kier molecular flexibility index (Phi) is 2.97. The zero-order valence-corrected chi connectivity index (χ0v) is 11.2. The van der Waals surface area contributed by atoms with Crippen LogP contribution < -0.4 is 0 Å². The molecule has 0 saturated heterocycles. The molecule has 0 spiro atoms. The highest BCUT2D eigenvalue weighted by atomic mass is 35.5. The molecule has 1 N–H and O–H groups in total. The molecule has 100 valence electrons. The Morgan fingerprint density at radius 2 is 1.89 bits per heavy atom. The van der Waals surface area contributed by atoms with Gasteiger partial charge in [0.1, 0.15) is 0 Å². The van der Waals surface area contributed by atoms with E-state index in [0.29, 0.717) is 43.8 Å². The number of carbonyl (C=O) groups excluding carboxylic acids is 1. The smallest absolute Gasteiger partial charge is 0.407 e. The Morgan fingerprint density at radius 3 is 2.63 bits per heavy atom. The fourth-order valence-corrected chi connectivity index (χ4v) is 3.37. The second-order valence-electron chi connectivity index (χ2n) is 5.04. The largest absolute Gasteiger partial charge is 0.465 e. The second kappa shape index (κ2) is 4.53. The minimum atomic E-state index is -0.901. The maximum atomic E-state index is 12.0. The maximum absolute atomic E-state index is 12.0. The van der Waals surface area contributed by atoms with E-state index in [1.54, 1.807) is 0 Å². The van der Waals surface area contributed by atoms with E-state index < -0.39 is 6.09 Å². The third kappa shape index (κ3) is 2.00. The van der Waals surface area contributed by atoms with E-state index in [1.807, 2.05) is 6.07 Å².